The second-order valence-electron chi connectivity index (χ2n) is 3.40. The van der Waals surface area contributed by atoms with Crippen LogP contribution in [0.4, 0.5) is 17.6 Å². The van der Waals surface area contributed by atoms with E-state index in [1.54, 1.807) is 0 Å². The van der Waals surface area contributed by atoms with Crippen molar-refractivity contribution >= 4 is 5.78 Å². The summed E-state index contributed by atoms with van der Waals surface area (Å²) in [6.07, 6.45) is -5.72. The normalized spacial score (nSPS) is 11.5. The molecule has 0 heterocycles. The summed E-state index contributed by atoms with van der Waals surface area (Å²) in [6, 6.07) is 4.94. The van der Waals surface area contributed by atoms with E-state index < -0.39 is 24.2 Å². The molecule has 0 aliphatic rings. The molecule has 0 unspecified atom stereocenters. The molecule has 1 rings (SSSR count). The van der Waals surface area contributed by atoms with E-state index in [4.69, 9.17) is 0 Å². The van der Waals surface area contributed by atoms with Crippen LogP contribution in [0.2, 0.25) is 0 Å². The van der Waals surface area contributed by atoms with Gasteiger partial charge in [-0.25, -0.2) is 4.39 Å². The maximum atomic E-state index is 12.7. The average Bonchev–Trinajstić information content (AvgIpc) is 2.15. The molecule has 0 aromatic heterocycles. The Kier molecular flexibility index (Phi) is 4.04. The third-order valence-electron chi connectivity index (χ3n) is 2.01. The molecule has 0 bridgehead atoms. The summed E-state index contributed by atoms with van der Waals surface area (Å²) in [5.41, 5.74) is 0.113. The number of hydrogen-bond acceptors (Lipinski definition) is 1. The third-order valence-corrected chi connectivity index (χ3v) is 2.01. The van der Waals surface area contributed by atoms with Gasteiger partial charge in [0.2, 0.25) is 0 Å². The molecular weight excluding hydrogens is 224 g/mol. The van der Waals surface area contributed by atoms with Crippen LogP contribution in [0.5, 0.6) is 0 Å². The number of halogens is 4. The summed E-state index contributed by atoms with van der Waals surface area (Å²) in [6.45, 7) is 0. The van der Waals surface area contributed by atoms with Crippen molar-refractivity contribution in [1.29, 1.82) is 0 Å². The fourth-order valence-electron chi connectivity index (χ4n) is 1.26. The average molecular weight is 234 g/mol. The molecule has 0 radical (unpaired) electrons. The number of alkyl halides is 3. The SMILES string of the molecule is O=C(CCCC(F)(F)F)c1cccc(F)c1. The van der Waals surface area contributed by atoms with E-state index in [-0.39, 0.29) is 18.4 Å². The van der Waals surface area contributed by atoms with Gasteiger partial charge in [0.15, 0.2) is 5.78 Å². The number of carbonyl (C=O) groups is 1. The Bertz CT molecular complexity index is 370. The van der Waals surface area contributed by atoms with Crippen LogP contribution in [-0.4, -0.2) is 12.0 Å². The smallest absolute Gasteiger partial charge is 0.294 e. The highest BCUT2D eigenvalue weighted by Gasteiger charge is 2.26. The number of benzene rings is 1. The minimum Gasteiger partial charge on any atom is -0.294 e. The largest absolute Gasteiger partial charge is 0.389 e. The highest BCUT2D eigenvalue weighted by atomic mass is 19.4. The zero-order valence-electron chi connectivity index (χ0n) is 8.35. The van der Waals surface area contributed by atoms with Gasteiger partial charge in [-0.3, -0.25) is 4.79 Å². The standard InChI is InChI=1S/C11H10F4O/c12-9-4-1-3-8(7-9)10(16)5-2-6-11(13,14)15/h1,3-4,7H,2,5-6H2. The number of hydrogen-bond donors (Lipinski definition) is 0. The fraction of sp³-hybridized carbons (Fsp3) is 0.364. The molecule has 88 valence electrons. The maximum Gasteiger partial charge on any atom is 0.389 e. The van der Waals surface area contributed by atoms with E-state index in [2.05, 4.69) is 0 Å². The van der Waals surface area contributed by atoms with Gasteiger partial charge in [0.25, 0.3) is 0 Å². The van der Waals surface area contributed by atoms with E-state index in [0.717, 1.165) is 6.07 Å². The van der Waals surface area contributed by atoms with E-state index >= 15 is 0 Å². The Balaban J connectivity index is 2.47. The molecule has 0 aliphatic heterocycles. The Morgan fingerprint density at radius 1 is 1.25 bits per heavy atom. The highest BCUT2D eigenvalue weighted by molar-refractivity contribution is 5.95. The second-order valence-corrected chi connectivity index (χ2v) is 3.40. The topological polar surface area (TPSA) is 17.1 Å². The Hall–Kier alpha value is -1.39. The first-order valence-corrected chi connectivity index (χ1v) is 4.74. The van der Waals surface area contributed by atoms with Gasteiger partial charge >= 0.3 is 6.18 Å². The van der Waals surface area contributed by atoms with Gasteiger partial charge in [0.05, 0.1) is 0 Å². The summed E-state index contributed by atoms with van der Waals surface area (Å²) in [7, 11) is 0. The van der Waals surface area contributed by atoms with Gasteiger partial charge in [-0.15, -0.1) is 0 Å². The Morgan fingerprint density at radius 3 is 2.50 bits per heavy atom. The Morgan fingerprint density at radius 2 is 1.94 bits per heavy atom. The third kappa shape index (κ3) is 4.42. The molecule has 0 aliphatic carbocycles. The van der Waals surface area contributed by atoms with E-state index in [1.807, 2.05) is 0 Å². The molecule has 0 saturated carbocycles. The van der Waals surface area contributed by atoms with E-state index in [0.29, 0.717) is 0 Å². The molecule has 5 heteroatoms. The van der Waals surface area contributed by atoms with Crippen LogP contribution in [-0.2, 0) is 0 Å². The predicted molar refractivity (Wildman–Crippen MR) is 50.6 cm³/mol. The van der Waals surface area contributed by atoms with Crippen LogP contribution in [0, 0.1) is 5.82 Å². The molecule has 0 spiro atoms. The highest BCUT2D eigenvalue weighted by Crippen LogP contribution is 2.22. The molecule has 1 nitrogen and oxygen atoms in total. The lowest BCUT2D eigenvalue weighted by Crippen LogP contribution is -2.08. The van der Waals surface area contributed by atoms with Crippen LogP contribution in [0.15, 0.2) is 24.3 Å². The molecule has 1 aromatic carbocycles. The molecule has 0 atom stereocenters. The van der Waals surface area contributed by atoms with Crippen molar-refractivity contribution < 1.29 is 22.4 Å². The fourth-order valence-corrected chi connectivity index (χ4v) is 1.26. The summed E-state index contributed by atoms with van der Waals surface area (Å²) in [4.78, 5) is 11.3. The van der Waals surface area contributed by atoms with Crippen LogP contribution in [0.1, 0.15) is 29.6 Å². The summed E-state index contributed by atoms with van der Waals surface area (Å²) in [5, 5.41) is 0. The zero-order valence-corrected chi connectivity index (χ0v) is 8.35. The lowest BCUT2D eigenvalue weighted by atomic mass is 10.1. The monoisotopic (exact) mass is 234 g/mol. The summed E-state index contributed by atoms with van der Waals surface area (Å²) in [5.74, 6) is -1.04. The van der Waals surface area contributed by atoms with Crippen molar-refractivity contribution in [2.24, 2.45) is 0 Å². The van der Waals surface area contributed by atoms with Crippen molar-refractivity contribution in [3.8, 4) is 0 Å². The van der Waals surface area contributed by atoms with Gasteiger partial charge in [-0.1, -0.05) is 12.1 Å². The van der Waals surface area contributed by atoms with Gasteiger partial charge in [-0.05, 0) is 18.6 Å². The first kappa shape index (κ1) is 12.7. The lowest BCUT2D eigenvalue weighted by molar-refractivity contribution is -0.135. The predicted octanol–water partition coefficient (Wildman–Crippen LogP) is 3.74. The Labute approximate surface area is 90.1 Å². The molecule has 16 heavy (non-hydrogen) atoms. The first-order chi connectivity index (χ1) is 7.38. The molecular formula is C11H10F4O. The van der Waals surface area contributed by atoms with Crippen LogP contribution < -0.4 is 0 Å². The number of ketones is 1. The van der Waals surface area contributed by atoms with Crippen molar-refractivity contribution in [2.45, 2.75) is 25.4 Å². The van der Waals surface area contributed by atoms with Crippen molar-refractivity contribution in [3.05, 3.63) is 35.6 Å². The molecule has 0 fully saturated rings. The van der Waals surface area contributed by atoms with Gasteiger partial charge < -0.3 is 0 Å². The van der Waals surface area contributed by atoms with Crippen molar-refractivity contribution in [1.82, 2.24) is 0 Å². The summed E-state index contributed by atoms with van der Waals surface area (Å²) < 4.78 is 48.1. The first-order valence-electron chi connectivity index (χ1n) is 4.74. The van der Waals surface area contributed by atoms with Crippen LogP contribution in [0.25, 0.3) is 0 Å². The van der Waals surface area contributed by atoms with Crippen LogP contribution >= 0.6 is 0 Å². The molecule has 0 saturated heterocycles. The number of Topliss-reactive ketones (excluding diaryl/α,β-unsaturated/α-hetero) is 1. The zero-order chi connectivity index (χ0) is 12.2. The maximum absolute atomic E-state index is 12.7. The quantitative estimate of drug-likeness (QED) is 0.573. The molecule has 0 N–H and O–H groups in total. The molecule has 1 aromatic rings. The van der Waals surface area contributed by atoms with Gasteiger partial charge in [0.1, 0.15) is 5.82 Å². The lowest BCUT2D eigenvalue weighted by Gasteiger charge is -2.05. The van der Waals surface area contributed by atoms with Gasteiger partial charge in [0, 0.05) is 18.4 Å². The van der Waals surface area contributed by atoms with E-state index in [1.165, 1.54) is 18.2 Å². The summed E-state index contributed by atoms with van der Waals surface area (Å²) >= 11 is 0. The number of carbonyl (C=O) groups excluding carboxylic acids is 1. The molecule has 0 amide bonds. The minimum atomic E-state index is -4.25. The van der Waals surface area contributed by atoms with Crippen molar-refractivity contribution in [2.75, 3.05) is 0 Å². The minimum absolute atomic E-state index is 0.113. The second kappa shape index (κ2) is 5.09. The van der Waals surface area contributed by atoms with Crippen LogP contribution in [0.3, 0.4) is 0 Å². The van der Waals surface area contributed by atoms with Crippen molar-refractivity contribution in [3.63, 3.8) is 0 Å². The van der Waals surface area contributed by atoms with E-state index in [9.17, 15) is 22.4 Å². The van der Waals surface area contributed by atoms with Gasteiger partial charge in [-0.2, -0.15) is 13.2 Å². The number of rotatable bonds is 4.